The zero-order valence-electron chi connectivity index (χ0n) is 28.1. The molecule has 0 aliphatic heterocycles. The Morgan fingerprint density at radius 3 is 1.54 bits per heavy atom. The van der Waals surface area contributed by atoms with Crippen molar-refractivity contribution in [1.29, 1.82) is 0 Å². The van der Waals surface area contributed by atoms with E-state index in [2.05, 4.69) is 72.9 Å². The maximum Gasteiger partial charge on any atom is 0.126 e. The van der Waals surface area contributed by atoms with E-state index in [1.165, 1.54) is 0 Å². The standard InChI is InChI=1S/C38H47N9O/c1-40-37-15-9-13-34(44-37)28-46(26-32-11-3-6-18-42-32)24-30-21-31(23-36(22-30)48-20-8-5-17-39)25-47(27-33-12-4-7-19-43-33)29-35-14-10-16-38(41-2)45-35/h3-4,6-7,9-16,18-19,21-23H,5,8,17,20,24-29,39H2,1-2H3,(H,40,44)(H,41,45). The lowest BCUT2D eigenvalue weighted by atomic mass is 10.1. The van der Waals surface area contributed by atoms with Crippen LogP contribution in [0.4, 0.5) is 11.6 Å². The highest BCUT2D eigenvalue weighted by Gasteiger charge is 2.15. The minimum atomic E-state index is 0.622. The van der Waals surface area contributed by atoms with Crippen LogP contribution in [-0.4, -0.2) is 57.0 Å². The molecule has 10 heteroatoms. The van der Waals surface area contributed by atoms with Crippen LogP contribution >= 0.6 is 0 Å². The second kappa shape index (κ2) is 18.4. The number of hydrogen-bond donors (Lipinski definition) is 3. The van der Waals surface area contributed by atoms with E-state index in [9.17, 15) is 0 Å². The Kier molecular flexibility index (Phi) is 13.2. The average molecular weight is 646 g/mol. The van der Waals surface area contributed by atoms with Gasteiger partial charge in [-0.25, -0.2) is 9.97 Å². The molecule has 48 heavy (non-hydrogen) atoms. The zero-order chi connectivity index (χ0) is 33.4. The quantitative estimate of drug-likeness (QED) is 0.0941. The maximum atomic E-state index is 6.33. The lowest BCUT2D eigenvalue weighted by Crippen LogP contribution is -2.25. The summed E-state index contributed by atoms with van der Waals surface area (Å²) >= 11 is 0. The van der Waals surface area contributed by atoms with Crippen LogP contribution < -0.4 is 21.1 Å². The molecule has 4 N–H and O–H groups in total. The largest absolute Gasteiger partial charge is 0.494 e. The fourth-order valence-electron chi connectivity index (χ4n) is 5.60. The normalized spacial score (nSPS) is 11.2. The molecule has 0 radical (unpaired) electrons. The van der Waals surface area contributed by atoms with E-state index in [4.69, 9.17) is 20.4 Å². The minimum Gasteiger partial charge on any atom is -0.494 e. The predicted octanol–water partition coefficient (Wildman–Crippen LogP) is 5.87. The summed E-state index contributed by atoms with van der Waals surface area (Å²) in [6.45, 7) is 5.37. The van der Waals surface area contributed by atoms with Crippen LogP contribution in [0.25, 0.3) is 0 Å². The number of benzene rings is 1. The fraction of sp³-hybridized carbons (Fsp3) is 0.316. The Hall–Kier alpha value is -4.90. The molecule has 5 rings (SSSR count). The summed E-state index contributed by atoms with van der Waals surface area (Å²) < 4.78 is 6.33. The summed E-state index contributed by atoms with van der Waals surface area (Å²) in [7, 11) is 3.78. The van der Waals surface area contributed by atoms with Gasteiger partial charge in [-0.1, -0.05) is 30.3 Å². The van der Waals surface area contributed by atoms with Crippen molar-refractivity contribution < 1.29 is 4.74 Å². The number of nitrogens with zero attached hydrogens (tertiary/aromatic N) is 6. The van der Waals surface area contributed by atoms with Crippen molar-refractivity contribution in [3.8, 4) is 5.75 Å². The van der Waals surface area contributed by atoms with Crippen LogP contribution in [0.5, 0.6) is 5.75 Å². The molecule has 4 aromatic heterocycles. The molecule has 250 valence electrons. The van der Waals surface area contributed by atoms with E-state index in [1.54, 1.807) is 0 Å². The highest BCUT2D eigenvalue weighted by molar-refractivity contribution is 5.37. The molecule has 0 spiro atoms. The van der Waals surface area contributed by atoms with Crippen molar-refractivity contribution in [2.45, 2.75) is 52.1 Å². The molecule has 0 saturated heterocycles. The van der Waals surface area contributed by atoms with E-state index >= 15 is 0 Å². The summed E-state index contributed by atoms with van der Waals surface area (Å²) in [5.74, 6) is 2.56. The lowest BCUT2D eigenvalue weighted by Gasteiger charge is -2.25. The van der Waals surface area contributed by atoms with Gasteiger partial charge in [-0.05, 0) is 91.2 Å². The van der Waals surface area contributed by atoms with Crippen molar-refractivity contribution in [3.63, 3.8) is 0 Å². The first-order valence-corrected chi connectivity index (χ1v) is 16.6. The number of ether oxygens (including phenoxy) is 1. The van der Waals surface area contributed by atoms with Gasteiger partial charge in [0.25, 0.3) is 0 Å². The Morgan fingerprint density at radius 1 is 0.583 bits per heavy atom. The van der Waals surface area contributed by atoms with Gasteiger partial charge in [0, 0.05) is 65.8 Å². The van der Waals surface area contributed by atoms with E-state index in [1.807, 2.05) is 75.0 Å². The molecule has 10 nitrogen and oxygen atoms in total. The van der Waals surface area contributed by atoms with E-state index < -0.39 is 0 Å². The van der Waals surface area contributed by atoms with Gasteiger partial charge >= 0.3 is 0 Å². The first kappa shape index (κ1) is 34.4. The molecule has 1 aromatic carbocycles. The second-order valence-electron chi connectivity index (χ2n) is 11.8. The molecule has 4 heterocycles. The van der Waals surface area contributed by atoms with Gasteiger partial charge in [-0.2, -0.15) is 0 Å². The van der Waals surface area contributed by atoms with E-state index in [0.717, 1.165) is 64.1 Å². The summed E-state index contributed by atoms with van der Waals surface area (Å²) in [4.78, 5) is 23.6. The smallest absolute Gasteiger partial charge is 0.126 e. The molecular weight excluding hydrogens is 598 g/mol. The average Bonchev–Trinajstić information content (AvgIpc) is 3.11. The fourth-order valence-corrected chi connectivity index (χ4v) is 5.60. The zero-order valence-corrected chi connectivity index (χ0v) is 28.1. The predicted molar refractivity (Wildman–Crippen MR) is 192 cm³/mol. The van der Waals surface area contributed by atoms with Crippen LogP contribution in [0.3, 0.4) is 0 Å². The first-order valence-electron chi connectivity index (χ1n) is 16.6. The van der Waals surface area contributed by atoms with Gasteiger partial charge in [-0.15, -0.1) is 0 Å². The minimum absolute atomic E-state index is 0.622. The van der Waals surface area contributed by atoms with Gasteiger partial charge in [-0.3, -0.25) is 19.8 Å². The molecular formula is C38H47N9O. The van der Waals surface area contributed by atoms with Gasteiger partial charge in [0.1, 0.15) is 17.4 Å². The lowest BCUT2D eigenvalue weighted by molar-refractivity contribution is 0.236. The van der Waals surface area contributed by atoms with Crippen LogP contribution in [0, 0.1) is 0 Å². The highest BCUT2D eigenvalue weighted by atomic mass is 16.5. The van der Waals surface area contributed by atoms with Crippen molar-refractivity contribution in [1.82, 2.24) is 29.7 Å². The molecule has 0 aliphatic carbocycles. The molecule has 0 saturated carbocycles. The number of pyridine rings is 4. The molecule has 0 unspecified atom stereocenters. The van der Waals surface area contributed by atoms with Crippen molar-refractivity contribution >= 4 is 11.6 Å². The third kappa shape index (κ3) is 11.1. The third-order valence-electron chi connectivity index (χ3n) is 7.83. The number of hydrogen-bond acceptors (Lipinski definition) is 10. The SMILES string of the molecule is CNc1cccc(CN(Cc2cc(CN(Cc3ccccn3)Cc3cccc(NC)n3)cc(OCCCCN)c2)Cc2ccccn2)n1. The number of rotatable bonds is 19. The van der Waals surface area contributed by atoms with Gasteiger partial charge in [0.15, 0.2) is 0 Å². The van der Waals surface area contributed by atoms with E-state index in [-0.39, 0.29) is 0 Å². The van der Waals surface area contributed by atoms with Crippen LogP contribution in [-0.2, 0) is 39.3 Å². The molecule has 0 aliphatic rings. The first-order chi connectivity index (χ1) is 23.6. The number of anilines is 2. The van der Waals surface area contributed by atoms with Gasteiger partial charge in [0.05, 0.1) is 29.4 Å². The molecule has 0 atom stereocenters. The molecule has 5 aromatic rings. The number of unbranched alkanes of at least 4 members (excludes halogenated alkanes) is 1. The topological polar surface area (TPSA) is 117 Å². The van der Waals surface area contributed by atoms with E-state index in [0.29, 0.717) is 52.4 Å². The van der Waals surface area contributed by atoms with Crippen molar-refractivity contribution in [2.24, 2.45) is 5.73 Å². The maximum absolute atomic E-state index is 6.33. The van der Waals surface area contributed by atoms with Gasteiger partial charge < -0.3 is 21.1 Å². The molecule has 0 amide bonds. The van der Waals surface area contributed by atoms with Crippen molar-refractivity contribution in [2.75, 3.05) is 37.9 Å². The summed E-state index contributed by atoms with van der Waals surface area (Å²) in [5, 5.41) is 6.32. The monoisotopic (exact) mass is 645 g/mol. The Balaban J connectivity index is 1.44. The highest BCUT2D eigenvalue weighted by Crippen LogP contribution is 2.24. The van der Waals surface area contributed by atoms with Crippen LogP contribution in [0.2, 0.25) is 0 Å². The van der Waals surface area contributed by atoms with Crippen molar-refractivity contribution in [3.05, 3.63) is 137 Å². The summed E-state index contributed by atoms with van der Waals surface area (Å²) in [6, 6.07) is 30.9. The van der Waals surface area contributed by atoms with Crippen LogP contribution in [0.15, 0.2) is 103 Å². The third-order valence-corrected chi connectivity index (χ3v) is 7.83. The van der Waals surface area contributed by atoms with Crippen LogP contribution in [0.1, 0.15) is 46.7 Å². The Morgan fingerprint density at radius 2 is 1.08 bits per heavy atom. The summed E-state index contributed by atoms with van der Waals surface area (Å²) in [6.07, 6.45) is 5.53. The number of nitrogens with one attached hydrogen (secondary N) is 2. The molecule has 0 fully saturated rings. The number of aromatic nitrogens is 4. The molecule has 0 bridgehead atoms. The Bertz CT molecular complexity index is 1550. The number of nitrogens with two attached hydrogens (primary N) is 1. The summed E-state index contributed by atoms with van der Waals surface area (Å²) in [5.41, 5.74) is 12.1. The van der Waals surface area contributed by atoms with Gasteiger partial charge in [0.2, 0.25) is 0 Å². The second-order valence-corrected chi connectivity index (χ2v) is 11.8. The Labute approximate surface area is 284 Å².